The Hall–Kier alpha value is -1.88. The molecule has 1 aliphatic rings. The average Bonchev–Trinajstić information content (AvgIpc) is 2.63. The van der Waals surface area contributed by atoms with Crippen molar-refractivity contribution in [2.45, 2.75) is 45.7 Å². The minimum Gasteiger partial charge on any atom is -0.323 e. The van der Waals surface area contributed by atoms with E-state index in [0.717, 1.165) is 37.3 Å². The minimum atomic E-state index is -4.40. The first kappa shape index (κ1) is 21.2. The fourth-order valence-corrected chi connectivity index (χ4v) is 2.80. The summed E-state index contributed by atoms with van der Waals surface area (Å²) >= 11 is 0. The van der Waals surface area contributed by atoms with E-state index in [0.29, 0.717) is 5.56 Å². The monoisotopic (exact) mass is 352 g/mol. The van der Waals surface area contributed by atoms with Gasteiger partial charge in [0.25, 0.3) is 0 Å². The molecular formula is C20H27F3N2. The van der Waals surface area contributed by atoms with Crippen molar-refractivity contribution < 1.29 is 13.2 Å². The van der Waals surface area contributed by atoms with Gasteiger partial charge in [-0.3, -0.25) is 4.98 Å². The lowest BCUT2D eigenvalue weighted by molar-refractivity contribution is -0.141. The molecule has 2 nitrogen and oxygen atoms in total. The predicted octanol–water partition coefficient (Wildman–Crippen LogP) is 5.51. The second-order valence-electron chi connectivity index (χ2n) is 5.58. The third kappa shape index (κ3) is 5.85. The third-order valence-corrected chi connectivity index (χ3v) is 3.76. The number of halogens is 3. The van der Waals surface area contributed by atoms with Crippen LogP contribution in [0.4, 0.5) is 13.2 Å². The van der Waals surface area contributed by atoms with Crippen LogP contribution in [0.3, 0.4) is 0 Å². The topological polar surface area (TPSA) is 24.9 Å². The number of hydrogen-bond donors (Lipinski definition) is 1. The number of alkyl halides is 3. The van der Waals surface area contributed by atoms with Gasteiger partial charge in [0.1, 0.15) is 5.69 Å². The summed E-state index contributed by atoms with van der Waals surface area (Å²) in [4.78, 5) is 3.42. The van der Waals surface area contributed by atoms with Crippen LogP contribution in [0.2, 0.25) is 0 Å². The van der Waals surface area contributed by atoms with Gasteiger partial charge in [-0.05, 0) is 74.2 Å². The van der Waals surface area contributed by atoms with Crippen LogP contribution in [0.25, 0.3) is 11.1 Å². The number of nitrogens with one attached hydrogen (secondary N) is 1. The lowest BCUT2D eigenvalue weighted by atomic mass is 9.86. The second-order valence-corrected chi connectivity index (χ2v) is 5.58. The van der Waals surface area contributed by atoms with Crippen molar-refractivity contribution in [2.24, 2.45) is 0 Å². The van der Waals surface area contributed by atoms with Crippen LogP contribution >= 0.6 is 0 Å². The quantitative estimate of drug-likeness (QED) is 0.732. The molecule has 0 bridgehead atoms. The number of hydrogen-bond acceptors (Lipinski definition) is 2. The van der Waals surface area contributed by atoms with Crippen LogP contribution in [-0.2, 0) is 19.0 Å². The molecule has 0 saturated heterocycles. The molecule has 0 unspecified atom stereocenters. The molecular weight excluding hydrogens is 325 g/mol. The Bertz CT molecular complexity index is 652. The van der Waals surface area contributed by atoms with Gasteiger partial charge >= 0.3 is 6.18 Å². The highest BCUT2D eigenvalue weighted by Gasteiger charge is 2.32. The molecule has 5 heteroatoms. The summed E-state index contributed by atoms with van der Waals surface area (Å²) in [7, 11) is 3.75. The Labute approximate surface area is 148 Å². The van der Waals surface area contributed by atoms with Gasteiger partial charge in [-0.15, -0.1) is 0 Å². The lowest BCUT2D eigenvalue weighted by Crippen LogP contribution is -2.08. The minimum absolute atomic E-state index is 0.603. The second kappa shape index (κ2) is 10.2. The van der Waals surface area contributed by atoms with Gasteiger partial charge in [0, 0.05) is 6.20 Å². The molecule has 0 atom stereocenters. The molecule has 1 aromatic carbocycles. The van der Waals surface area contributed by atoms with Crippen molar-refractivity contribution in [3.8, 4) is 11.1 Å². The summed E-state index contributed by atoms with van der Waals surface area (Å²) < 4.78 is 38.3. The normalized spacial score (nSPS) is 12.9. The van der Waals surface area contributed by atoms with Crippen LogP contribution in [-0.4, -0.2) is 19.1 Å². The van der Waals surface area contributed by atoms with E-state index in [4.69, 9.17) is 0 Å². The Balaban J connectivity index is 0.000000567. The van der Waals surface area contributed by atoms with Gasteiger partial charge in [-0.1, -0.05) is 32.0 Å². The molecule has 1 heterocycles. The maximum absolute atomic E-state index is 12.8. The summed E-state index contributed by atoms with van der Waals surface area (Å²) in [6.07, 6.45) is 1.04. The van der Waals surface area contributed by atoms with Crippen LogP contribution in [0, 0.1) is 0 Å². The molecule has 1 aromatic heterocycles. The first-order chi connectivity index (χ1) is 12.0. The Kier molecular flexibility index (Phi) is 8.62. The van der Waals surface area contributed by atoms with Gasteiger partial charge in [0.15, 0.2) is 0 Å². The average molecular weight is 352 g/mol. The molecule has 0 saturated carbocycles. The lowest BCUT2D eigenvalue weighted by Gasteiger charge is -2.19. The summed E-state index contributed by atoms with van der Waals surface area (Å²) in [5, 5.41) is 2.75. The van der Waals surface area contributed by atoms with Crippen molar-refractivity contribution in [1.82, 2.24) is 10.3 Å². The molecule has 0 amide bonds. The van der Waals surface area contributed by atoms with E-state index in [1.165, 1.54) is 17.3 Å². The standard InChI is InChI=1S/C16H14F3N.C2H7N.C2H6/c17-16(18,19)15-10-12(8-9-20-15)14-7-3-5-11-4-1-2-6-13(11)14;1-3-2;1-2/h3,5,7-10H,1-2,4,6H2;3H,1-2H3;1-2H3. The van der Waals surface area contributed by atoms with Crippen LogP contribution < -0.4 is 5.32 Å². The van der Waals surface area contributed by atoms with E-state index < -0.39 is 11.9 Å². The van der Waals surface area contributed by atoms with Crippen molar-refractivity contribution in [3.05, 3.63) is 53.3 Å². The van der Waals surface area contributed by atoms with E-state index in [2.05, 4.69) is 16.4 Å². The number of pyridine rings is 1. The molecule has 0 aliphatic heterocycles. The third-order valence-electron chi connectivity index (χ3n) is 3.76. The molecule has 0 radical (unpaired) electrons. The fourth-order valence-electron chi connectivity index (χ4n) is 2.80. The van der Waals surface area contributed by atoms with E-state index in [1.54, 1.807) is 6.07 Å². The van der Waals surface area contributed by atoms with Crippen molar-refractivity contribution in [1.29, 1.82) is 0 Å². The summed E-state index contributed by atoms with van der Waals surface area (Å²) in [6.45, 7) is 4.00. The van der Waals surface area contributed by atoms with E-state index in [9.17, 15) is 13.2 Å². The van der Waals surface area contributed by atoms with E-state index >= 15 is 0 Å². The Morgan fingerprint density at radius 1 is 1.00 bits per heavy atom. The summed E-state index contributed by atoms with van der Waals surface area (Å²) in [5.41, 5.74) is 3.14. The highest BCUT2D eigenvalue weighted by molar-refractivity contribution is 5.69. The Morgan fingerprint density at radius 2 is 1.64 bits per heavy atom. The number of aromatic nitrogens is 1. The summed E-state index contributed by atoms with van der Waals surface area (Å²) in [6, 6.07) is 8.69. The zero-order chi connectivity index (χ0) is 18.9. The predicted molar refractivity (Wildman–Crippen MR) is 97.6 cm³/mol. The van der Waals surface area contributed by atoms with Gasteiger partial charge in [0.2, 0.25) is 0 Å². The molecule has 2 aromatic rings. The maximum atomic E-state index is 12.8. The first-order valence-corrected chi connectivity index (χ1v) is 8.70. The number of nitrogens with zero attached hydrogens (tertiary/aromatic N) is 1. The van der Waals surface area contributed by atoms with Gasteiger partial charge in [-0.2, -0.15) is 13.2 Å². The summed E-state index contributed by atoms with van der Waals surface area (Å²) in [5.74, 6) is 0. The van der Waals surface area contributed by atoms with Crippen LogP contribution in [0.15, 0.2) is 36.5 Å². The highest BCUT2D eigenvalue weighted by Crippen LogP contribution is 2.34. The zero-order valence-corrected chi connectivity index (χ0v) is 15.4. The number of aryl methyl sites for hydroxylation is 1. The molecule has 1 N–H and O–H groups in total. The van der Waals surface area contributed by atoms with E-state index in [-0.39, 0.29) is 0 Å². The maximum Gasteiger partial charge on any atom is 0.433 e. The largest absolute Gasteiger partial charge is 0.433 e. The molecule has 0 spiro atoms. The van der Waals surface area contributed by atoms with Crippen LogP contribution in [0.5, 0.6) is 0 Å². The van der Waals surface area contributed by atoms with Crippen molar-refractivity contribution >= 4 is 0 Å². The smallest absolute Gasteiger partial charge is 0.323 e. The van der Waals surface area contributed by atoms with Gasteiger partial charge < -0.3 is 5.32 Å². The molecule has 138 valence electrons. The highest BCUT2D eigenvalue weighted by atomic mass is 19.4. The molecule has 1 aliphatic carbocycles. The van der Waals surface area contributed by atoms with Crippen LogP contribution in [0.1, 0.15) is 43.5 Å². The number of fused-ring (bicyclic) bond motifs is 1. The number of rotatable bonds is 1. The van der Waals surface area contributed by atoms with Gasteiger partial charge in [-0.25, -0.2) is 0 Å². The molecule has 0 fully saturated rings. The number of benzene rings is 1. The zero-order valence-electron chi connectivity index (χ0n) is 15.4. The first-order valence-electron chi connectivity index (χ1n) is 8.70. The molecule has 25 heavy (non-hydrogen) atoms. The van der Waals surface area contributed by atoms with Gasteiger partial charge in [0.05, 0.1) is 0 Å². The van der Waals surface area contributed by atoms with Crippen molar-refractivity contribution in [3.63, 3.8) is 0 Å². The Morgan fingerprint density at radius 3 is 2.28 bits per heavy atom. The fraction of sp³-hybridized carbons (Fsp3) is 0.450. The van der Waals surface area contributed by atoms with E-state index in [1.807, 2.05) is 40.1 Å². The SMILES string of the molecule is CC.CNC.FC(F)(F)c1cc(-c2cccc3c2CCCC3)ccn1. The molecule has 3 rings (SSSR count). The van der Waals surface area contributed by atoms with Crippen molar-refractivity contribution in [2.75, 3.05) is 14.1 Å².